The Kier molecular flexibility index (Phi) is 4.70. The van der Waals surface area contributed by atoms with E-state index in [1.165, 1.54) is 31.5 Å². The lowest BCUT2D eigenvalue weighted by Crippen LogP contribution is -2.30. The van der Waals surface area contributed by atoms with Crippen LogP contribution >= 0.6 is 0 Å². The van der Waals surface area contributed by atoms with Crippen molar-refractivity contribution >= 4 is 17.1 Å². The number of rotatable bonds is 5. The van der Waals surface area contributed by atoms with Gasteiger partial charge in [-0.2, -0.15) is 0 Å². The Morgan fingerprint density at radius 2 is 2.16 bits per heavy atom. The molecule has 1 saturated heterocycles. The van der Waals surface area contributed by atoms with Gasteiger partial charge in [0, 0.05) is 32.3 Å². The highest BCUT2D eigenvalue weighted by molar-refractivity contribution is 5.77. The van der Waals surface area contributed by atoms with Crippen LogP contribution in [-0.2, 0) is 9.53 Å². The van der Waals surface area contributed by atoms with E-state index in [9.17, 15) is 4.79 Å². The molecule has 6 heteroatoms. The third kappa shape index (κ3) is 3.15. The van der Waals surface area contributed by atoms with Crippen LogP contribution in [0.1, 0.15) is 56.3 Å². The van der Waals surface area contributed by atoms with Crippen molar-refractivity contribution in [1.82, 2.24) is 19.4 Å². The van der Waals surface area contributed by atoms with Crippen LogP contribution in [-0.4, -0.2) is 52.1 Å². The van der Waals surface area contributed by atoms with Gasteiger partial charge in [0.1, 0.15) is 11.3 Å². The van der Waals surface area contributed by atoms with Gasteiger partial charge in [-0.15, -0.1) is 0 Å². The maximum absolute atomic E-state index is 12.3. The van der Waals surface area contributed by atoms with Gasteiger partial charge in [-0.1, -0.05) is 12.8 Å². The molecule has 1 atom stereocenters. The normalized spacial score (nSPS) is 21.5. The summed E-state index contributed by atoms with van der Waals surface area (Å²) in [6.45, 7) is 2.05. The molecular formula is C19H26N4O2. The lowest BCUT2D eigenvalue weighted by molar-refractivity contribution is -0.131. The fraction of sp³-hybridized carbons (Fsp3) is 0.632. The highest BCUT2D eigenvalue weighted by Crippen LogP contribution is 2.37. The van der Waals surface area contributed by atoms with Crippen molar-refractivity contribution in [2.75, 3.05) is 26.8 Å². The van der Waals surface area contributed by atoms with Crippen molar-refractivity contribution < 1.29 is 9.53 Å². The molecule has 0 radical (unpaired) electrons. The van der Waals surface area contributed by atoms with E-state index in [4.69, 9.17) is 9.72 Å². The van der Waals surface area contributed by atoms with Gasteiger partial charge in [-0.25, -0.2) is 9.97 Å². The largest absolute Gasteiger partial charge is 0.384 e. The standard InChI is InChI=1S/C19H26N4O2/c1-25-12-9-17(24)22-11-8-15(13-22)23-18(14-5-2-3-6-14)21-16-7-4-10-20-19(16)23/h4,7,10,14-15H,2-3,5-6,8-9,11-13H2,1H3/t15-/m1/s1. The molecule has 1 aliphatic heterocycles. The number of carbonyl (C=O) groups excluding carboxylic acids is 1. The topological polar surface area (TPSA) is 60.2 Å². The summed E-state index contributed by atoms with van der Waals surface area (Å²) in [6.07, 6.45) is 8.28. The van der Waals surface area contributed by atoms with E-state index >= 15 is 0 Å². The summed E-state index contributed by atoms with van der Waals surface area (Å²) < 4.78 is 7.38. The first-order valence-electron chi connectivity index (χ1n) is 9.37. The van der Waals surface area contributed by atoms with Crippen LogP contribution in [0, 0.1) is 0 Å². The second-order valence-corrected chi connectivity index (χ2v) is 7.19. The summed E-state index contributed by atoms with van der Waals surface area (Å²) in [5, 5.41) is 0. The maximum atomic E-state index is 12.3. The van der Waals surface area contributed by atoms with Crippen molar-refractivity contribution in [2.24, 2.45) is 0 Å². The Morgan fingerprint density at radius 1 is 1.32 bits per heavy atom. The number of methoxy groups -OCH3 is 1. The minimum absolute atomic E-state index is 0.184. The van der Waals surface area contributed by atoms with Gasteiger partial charge < -0.3 is 14.2 Å². The zero-order valence-electron chi connectivity index (χ0n) is 14.9. The molecule has 1 saturated carbocycles. The summed E-state index contributed by atoms with van der Waals surface area (Å²) in [7, 11) is 1.64. The molecule has 25 heavy (non-hydrogen) atoms. The first-order chi connectivity index (χ1) is 12.3. The third-order valence-electron chi connectivity index (χ3n) is 5.60. The molecule has 0 unspecified atom stereocenters. The van der Waals surface area contributed by atoms with E-state index in [0.29, 0.717) is 18.9 Å². The number of ether oxygens (including phenoxy) is 1. The highest BCUT2D eigenvalue weighted by Gasteiger charge is 2.32. The van der Waals surface area contributed by atoms with Crippen molar-refractivity contribution in [3.05, 3.63) is 24.2 Å². The Bertz CT molecular complexity index is 751. The molecule has 1 amide bonds. The van der Waals surface area contributed by atoms with Gasteiger partial charge >= 0.3 is 0 Å². The molecule has 0 aromatic carbocycles. The molecule has 0 bridgehead atoms. The first-order valence-corrected chi connectivity index (χ1v) is 9.37. The monoisotopic (exact) mass is 342 g/mol. The van der Waals surface area contributed by atoms with Crippen molar-refractivity contribution in [3.8, 4) is 0 Å². The second kappa shape index (κ2) is 7.12. The van der Waals surface area contributed by atoms with Gasteiger partial charge in [0.25, 0.3) is 0 Å². The van der Waals surface area contributed by atoms with E-state index in [1.807, 2.05) is 23.2 Å². The summed E-state index contributed by atoms with van der Waals surface area (Å²) in [5.41, 5.74) is 1.95. The van der Waals surface area contributed by atoms with E-state index in [1.54, 1.807) is 7.11 Å². The molecule has 6 nitrogen and oxygen atoms in total. The Hall–Kier alpha value is -1.95. The smallest absolute Gasteiger partial charge is 0.224 e. The quantitative estimate of drug-likeness (QED) is 0.838. The number of aromatic nitrogens is 3. The number of carbonyl (C=O) groups is 1. The lowest BCUT2D eigenvalue weighted by atomic mass is 10.1. The summed E-state index contributed by atoms with van der Waals surface area (Å²) in [4.78, 5) is 23.8. The van der Waals surface area contributed by atoms with Crippen LogP contribution in [0.25, 0.3) is 11.2 Å². The Morgan fingerprint density at radius 3 is 2.96 bits per heavy atom. The van der Waals surface area contributed by atoms with E-state index in [2.05, 4.69) is 9.55 Å². The van der Waals surface area contributed by atoms with Crippen LogP contribution in [0.4, 0.5) is 0 Å². The van der Waals surface area contributed by atoms with E-state index < -0.39 is 0 Å². The summed E-state index contributed by atoms with van der Waals surface area (Å²) in [6, 6.07) is 4.28. The van der Waals surface area contributed by atoms with Gasteiger partial charge in [0.2, 0.25) is 5.91 Å². The van der Waals surface area contributed by atoms with Crippen molar-refractivity contribution in [1.29, 1.82) is 0 Å². The number of pyridine rings is 1. The molecule has 2 fully saturated rings. The molecule has 2 aromatic heterocycles. The third-order valence-corrected chi connectivity index (χ3v) is 5.60. The zero-order chi connectivity index (χ0) is 17.2. The van der Waals surface area contributed by atoms with Crippen LogP contribution in [0.2, 0.25) is 0 Å². The maximum Gasteiger partial charge on any atom is 0.224 e. The number of nitrogens with zero attached hydrogens (tertiary/aromatic N) is 4. The van der Waals surface area contributed by atoms with Crippen molar-refractivity contribution in [2.45, 2.75) is 50.5 Å². The number of fused-ring (bicyclic) bond motifs is 1. The molecule has 0 N–H and O–H groups in total. The van der Waals surface area contributed by atoms with Crippen LogP contribution in [0.5, 0.6) is 0 Å². The fourth-order valence-corrected chi connectivity index (χ4v) is 4.31. The van der Waals surface area contributed by atoms with Crippen LogP contribution in [0.15, 0.2) is 18.3 Å². The molecule has 3 heterocycles. The highest BCUT2D eigenvalue weighted by atomic mass is 16.5. The Balaban J connectivity index is 1.62. The fourth-order valence-electron chi connectivity index (χ4n) is 4.31. The lowest BCUT2D eigenvalue weighted by Gasteiger charge is -2.20. The zero-order valence-corrected chi connectivity index (χ0v) is 14.9. The number of hydrogen-bond donors (Lipinski definition) is 0. The minimum Gasteiger partial charge on any atom is -0.384 e. The van der Waals surface area contributed by atoms with Gasteiger partial charge in [0.05, 0.1) is 19.1 Å². The molecule has 0 spiro atoms. The molecule has 2 aromatic rings. The SMILES string of the molecule is COCCC(=O)N1CC[C@@H](n2c(C3CCCC3)nc3cccnc32)C1. The van der Waals surface area contributed by atoms with Crippen LogP contribution in [0.3, 0.4) is 0 Å². The number of amides is 1. The van der Waals surface area contributed by atoms with Crippen LogP contribution < -0.4 is 0 Å². The van der Waals surface area contributed by atoms with Gasteiger partial charge in [0.15, 0.2) is 5.65 Å². The molecular weight excluding hydrogens is 316 g/mol. The van der Waals surface area contributed by atoms with Gasteiger partial charge in [-0.3, -0.25) is 4.79 Å². The molecule has 4 rings (SSSR count). The van der Waals surface area contributed by atoms with Crippen molar-refractivity contribution in [3.63, 3.8) is 0 Å². The predicted molar refractivity (Wildman–Crippen MR) is 95.5 cm³/mol. The second-order valence-electron chi connectivity index (χ2n) is 7.19. The first kappa shape index (κ1) is 16.5. The molecule has 1 aliphatic carbocycles. The number of likely N-dealkylation sites (tertiary alicyclic amines) is 1. The summed E-state index contributed by atoms with van der Waals surface area (Å²) >= 11 is 0. The number of imidazole rings is 1. The summed E-state index contributed by atoms with van der Waals surface area (Å²) in [5.74, 6) is 1.90. The average Bonchev–Trinajstić information content (AvgIpc) is 3.37. The number of hydrogen-bond acceptors (Lipinski definition) is 4. The van der Waals surface area contributed by atoms with E-state index in [-0.39, 0.29) is 11.9 Å². The average molecular weight is 342 g/mol. The van der Waals surface area contributed by atoms with Gasteiger partial charge in [-0.05, 0) is 31.4 Å². The predicted octanol–water partition coefficient (Wildman–Crippen LogP) is 2.90. The molecule has 2 aliphatic rings. The van der Waals surface area contributed by atoms with E-state index in [0.717, 1.165) is 30.7 Å². The Labute approximate surface area is 148 Å². The minimum atomic E-state index is 0.184. The molecule has 134 valence electrons.